The molecule has 1 amide bonds. The first-order valence-corrected chi connectivity index (χ1v) is 8.98. The number of hydrogen-bond donors (Lipinski definition) is 1. The molecule has 0 aliphatic carbocycles. The van der Waals surface area contributed by atoms with E-state index in [1.54, 1.807) is 24.7 Å². The summed E-state index contributed by atoms with van der Waals surface area (Å²) in [5.74, 6) is 0.295. The molecule has 0 saturated carbocycles. The van der Waals surface area contributed by atoms with Crippen LogP contribution in [0.25, 0.3) is 5.57 Å². The largest absolute Gasteiger partial charge is 0.307 e. The van der Waals surface area contributed by atoms with Crippen molar-refractivity contribution in [1.29, 1.82) is 0 Å². The van der Waals surface area contributed by atoms with Gasteiger partial charge in [0.15, 0.2) is 0 Å². The highest BCUT2D eigenvalue weighted by molar-refractivity contribution is 9.10. The lowest BCUT2D eigenvalue weighted by atomic mass is 9.99. The van der Waals surface area contributed by atoms with E-state index in [-0.39, 0.29) is 5.91 Å². The number of benzene rings is 1. The van der Waals surface area contributed by atoms with Crippen LogP contribution in [0.5, 0.6) is 0 Å². The predicted molar refractivity (Wildman–Crippen MR) is 108 cm³/mol. The molecule has 3 aromatic rings. The van der Waals surface area contributed by atoms with Crippen LogP contribution in [0.15, 0.2) is 71.6 Å². The van der Waals surface area contributed by atoms with Crippen molar-refractivity contribution in [3.05, 3.63) is 93.9 Å². The number of carbonyl (C=O) groups is 1. The van der Waals surface area contributed by atoms with Crippen LogP contribution < -0.4 is 5.32 Å². The Labute approximate surface area is 161 Å². The molecule has 1 aromatic carbocycles. The molecule has 0 unspecified atom stereocenters. The molecule has 0 spiro atoms. The number of anilines is 1. The van der Waals surface area contributed by atoms with Gasteiger partial charge in [0, 0.05) is 28.6 Å². The quantitative estimate of drug-likeness (QED) is 0.642. The normalized spacial score (nSPS) is 11.3. The van der Waals surface area contributed by atoms with E-state index < -0.39 is 0 Å². The Kier molecular flexibility index (Phi) is 5.58. The van der Waals surface area contributed by atoms with E-state index in [2.05, 4.69) is 49.4 Å². The van der Waals surface area contributed by atoms with E-state index >= 15 is 0 Å². The summed E-state index contributed by atoms with van der Waals surface area (Å²) < 4.78 is 1.04. The average Bonchev–Trinajstić information content (AvgIpc) is 2.65. The van der Waals surface area contributed by atoms with Gasteiger partial charge in [0.2, 0.25) is 0 Å². The zero-order chi connectivity index (χ0) is 18.5. The molecule has 3 rings (SSSR count). The summed E-state index contributed by atoms with van der Waals surface area (Å²) in [4.78, 5) is 20.7. The number of rotatable bonds is 4. The number of allylic oxidation sites excluding steroid dienone is 1. The van der Waals surface area contributed by atoms with Crippen LogP contribution in [-0.2, 0) is 0 Å². The van der Waals surface area contributed by atoms with E-state index in [1.165, 1.54) is 0 Å². The number of pyridine rings is 2. The Hall–Kier alpha value is -2.79. The van der Waals surface area contributed by atoms with Gasteiger partial charge < -0.3 is 5.32 Å². The fourth-order valence-corrected chi connectivity index (χ4v) is 2.91. The van der Waals surface area contributed by atoms with E-state index in [0.29, 0.717) is 11.4 Å². The van der Waals surface area contributed by atoms with Crippen LogP contribution in [0.4, 0.5) is 5.82 Å². The average molecular weight is 408 g/mol. The fraction of sp³-hybridized carbons (Fsp3) is 0.0952. The van der Waals surface area contributed by atoms with Crippen LogP contribution in [0.2, 0.25) is 0 Å². The third-order valence-corrected chi connectivity index (χ3v) is 4.57. The van der Waals surface area contributed by atoms with E-state index in [4.69, 9.17) is 0 Å². The highest BCUT2D eigenvalue weighted by Crippen LogP contribution is 2.25. The number of carbonyl (C=O) groups excluding carboxylic acids is 1. The van der Waals surface area contributed by atoms with Gasteiger partial charge in [0.25, 0.3) is 5.91 Å². The van der Waals surface area contributed by atoms with Crippen molar-refractivity contribution in [2.45, 2.75) is 13.8 Å². The van der Waals surface area contributed by atoms with E-state index in [9.17, 15) is 4.79 Å². The second kappa shape index (κ2) is 8.06. The number of amides is 1. The summed E-state index contributed by atoms with van der Waals surface area (Å²) in [5.41, 5.74) is 4.61. The van der Waals surface area contributed by atoms with Crippen LogP contribution in [0.3, 0.4) is 0 Å². The van der Waals surface area contributed by atoms with Gasteiger partial charge in [-0.2, -0.15) is 0 Å². The number of aryl methyl sites for hydroxylation is 1. The minimum atomic E-state index is -0.213. The van der Waals surface area contributed by atoms with Crippen molar-refractivity contribution in [2.24, 2.45) is 0 Å². The van der Waals surface area contributed by atoms with Crippen molar-refractivity contribution < 1.29 is 4.79 Å². The van der Waals surface area contributed by atoms with Gasteiger partial charge in [-0.25, -0.2) is 4.98 Å². The SMILES string of the molecule is C/C=C(/c1ccc(Br)cc1)c1ccc(NC(=O)c2cnccc2C)nc1. The molecule has 0 aliphatic rings. The molecule has 2 heterocycles. The molecule has 0 atom stereocenters. The van der Waals surface area contributed by atoms with Crippen LogP contribution in [-0.4, -0.2) is 15.9 Å². The maximum absolute atomic E-state index is 12.4. The van der Waals surface area contributed by atoms with Crippen molar-refractivity contribution in [2.75, 3.05) is 5.32 Å². The molecule has 130 valence electrons. The Morgan fingerprint density at radius 2 is 1.77 bits per heavy atom. The summed E-state index contributed by atoms with van der Waals surface area (Å²) in [7, 11) is 0. The van der Waals surface area contributed by atoms with Gasteiger partial charge in [0.1, 0.15) is 5.82 Å². The molecular formula is C21H18BrN3O. The van der Waals surface area contributed by atoms with E-state index in [1.807, 2.05) is 38.1 Å². The molecular weight excluding hydrogens is 390 g/mol. The zero-order valence-electron chi connectivity index (χ0n) is 14.5. The second-order valence-electron chi connectivity index (χ2n) is 5.79. The molecule has 0 fully saturated rings. The predicted octanol–water partition coefficient (Wildman–Crippen LogP) is 5.25. The minimum absolute atomic E-state index is 0.213. The second-order valence-corrected chi connectivity index (χ2v) is 6.70. The lowest BCUT2D eigenvalue weighted by Crippen LogP contribution is -2.14. The number of halogens is 1. The molecule has 0 bridgehead atoms. The minimum Gasteiger partial charge on any atom is -0.307 e. The van der Waals surface area contributed by atoms with Gasteiger partial charge in [-0.05, 0) is 60.9 Å². The molecule has 0 radical (unpaired) electrons. The number of aromatic nitrogens is 2. The van der Waals surface area contributed by atoms with Crippen molar-refractivity contribution in [1.82, 2.24) is 9.97 Å². The molecule has 0 aliphatic heterocycles. The first-order valence-electron chi connectivity index (χ1n) is 8.19. The Bertz CT molecular complexity index is 948. The fourth-order valence-electron chi connectivity index (χ4n) is 2.64. The molecule has 1 N–H and O–H groups in total. The lowest BCUT2D eigenvalue weighted by Gasteiger charge is -2.10. The third kappa shape index (κ3) is 4.06. The molecule has 5 heteroatoms. The molecule has 0 saturated heterocycles. The Morgan fingerprint density at radius 3 is 2.38 bits per heavy atom. The van der Waals surface area contributed by atoms with Crippen LogP contribution in [0, 0.1) is 6.92 Å². The highest BCUT2D eigenvalue weighted by Gasteiger charge is 2.10. The maximum Gasteiger partial charge on any atom is 0.258 e. The molecule has 4 nitrogen and oxygen atoms in total. The summed E-state index contributed by atoms with van der Waals surface area (Å²) in [5, 5.41) is 2.81. The number of nitrogens with one attached hydrogen (secondary N) is 1. The topological polar surface area (TPSA) is 54.9 Å². The van der Waals surface area contributed by atoms with Gasteiger partial charge >= 0.3 is 0 Å². The van der Waals surface area contributed by atoms with E-state index in [0.717, 1.165) is 26.7 Å². The first kappa shape index (κ1) is 18.0. The molecule has 26 heavy (non-hydrogen) atoms. The smallest absolute Gasteiger partial charge is 0.258 e. The zero-order valence-corrected chi connectivity index (χ0v) is 16.1. The lowest BCUT2D eigenvalue weighted by molar-refractivity contribution is 0.102. The standard InChI is InChI=1S/C21H18BrN3O/c1-3-18(15-4-7-17(22)8-5-15)16-6-9-20(24-12-16)25-21(26)19-13-23-11-10-14(19)2/h3-13H,1-2H3,(H,24,25,26)/b18-3-. The van der Waals surface area contributed by atoms with Gasteiger partial charge in [0.05, 0.1) is 5.56 Å². The summed E-state index contributed by atoms with van der Waals surface area (Å²) in [6.07, 6.45) is 7.05. The Balaban J connectivity index is 1.79. The monoisotopic (exact) mass is 407 g/mol. The number of hydrogen-bond acceptors (Lipinski definition) is 3. The van der Waals surface area contributed by atoms with Gasteiger partial charge in [-0.15, -0.1) is 0 Å². The summed E-state index contributed by atoms with van der Waals surface area (Å²) >= 11 is 3.45. The summed E-state index contributed by atoms with van der Waals surface area (Å²) in [6, 6.07) is 13.7. The van der Waals surface area contributed by atoms with Crippen LogP contribution in [0.1, 0.15) is 34.0 Å². The Morgan fingerprint density at radius 1 is 1.04 bits per heavy atom. The summed E-state index contributed by atoms with van der Waals surface area (Å²) in [6.45, 7) is 3.88. The maximum atomic E-state index is 12.4. The van der Waals surface area contributed by atoms with Crippen molar-refractivity contribution in [3.8, 4) is 0 Å². The first-order chi connectivity index (χ1) is 12.6. The van der Waals surface area contributed by atoms with Crippen molar-refractivity contribution >= 4 is 33.2 Å². The third-order valence-electron chi connectivity index (χ3n) is 4.04. The molecule has 2 aromatic heterocycles. The van der Waals surface area contributed by atoms with Crippen molar-refractivity contribution in [3.63, 3.8) is 0 Å². The van der Waals surface area contributed by atoms with Crippen LogP contribution >= 0.6 is 15.9 Å². The number of nitrogens with zero attached hydrogens (tertiary/aromatic N) is 2. The highest BCUT2D eigenvalue weighted by atomic mass is 79.9. The van der Waals surface area contributed by atoms with Gasteiger partial charge in [-0.3, -0.25) is 9.78 Å². The van der Waals surface area contributed by atoms with Gasteiger partial charge in [-0.1, -0.05) is 34.1 Å².